The zero-order valence-corrected chi connectivity index (χ0v) is 18.3. The zero-order valence-electron chi connectivity index (χ0n) is 17.5. The summed E-state index contributed by atoms with van der Waals surface area (Å²) < 4.78 is 1.90. The quantitative estimate of drug-likeness (QED) is 0.577. The van der Waals surface area contributed by atoms with Crippen LogP contribution in [0.4, 0.5) is 5.69 Å². The van der Waals surface area contributed by atoms with Gasteiger partial charge in [0.2, 0.25) is 11.8 Å². The molecule has 0 radical (unpaired) electrons. The lowest BCUT2D eigenvalue weighted by Crippen LogP contribution is -2.37. The number of fused-ring (bicyclic) bond motifs is 1. The molecule has 0 fully saturated rings. The van der Waals surface area contributed by atoms with Gasteiger partial charge in [-0.2, -0.15) is 0 Å². The number of hydrogen-bond donors (Lipinski definition) is 1. The number of carbonyl (C=O) groups excluding carboxylic acids is 2. The second-order valence-corrected chi connectivity index (χ2v) is 8.30. The number of thioether (sulfide) groups is 1. The van der Waals surface area contributed by atoms with Crippen molar-refractivity contribution in [2.45, 2.75) is 38.0 Å². The summed E-state index contributed by atoms with van der Waals surface area (Å²) in [4.78, 5) is 27.0. The van der Waals surface area contributed by atoms with Gasteiger partial charge in [-0.3, -0.25) is 9.59 Å². The number of rotatable bonds is 7. The van der Waals surface area contributed by atoms with Crippen LogP contribution in [0.25, 0.3) is 0 Å². The second-order valence-electron chi connectivity index (χ2n) is 7.36. The first-order chi connectivity index (χ1) is 15.1. The third kappa shape index (κ3) is 5.14. The topological polar surface area (TPSA) is 80.1 Å². The highest BCUT2D eigenvalue weighted by atomic mass is 32.2. The number of nitrogens with one attached hydrogen (secondary N) is 1. The molecule has 4 rings (SSSR count). The van der Waals surface area contributed by atoms with Gasteiger partial charge in [-0.15, -0.1) is 10.2 Å². The number of para-hydroxylation sites is 1. The summed E-state index contributed by atoms with van der Waals surface area (Å²) in [6.45, 7) is 4.01. The Hall–Kier alpha value is -3.13. The number of amides is 2. The highest BCUT2D eigenvalue weighted by Gasteiger charge is 2.22. The molecule has 1 aliphatic rings. The lowest BCUT2D eigenvalue weighted by atomic mass is 10.00. The zero-order chi connectivity index (χ0) is 21.6. The molecule has 7 nitrogen and oxygen atoms in total. The highest BCUT2D eigenvalue weighted by Crippen LogP contribution is 2.22. The molecule has 8 heteroatoms. The predicted octanol–water partition coefficient (Wildman–Crippen LogP) is 3.16. The molecule has 0 spiro atoms. The largest absolute Gasteiger partial charge is 0.337 e. The van der Waals surface area contributed by atoms with Crippen LogP contribution < -0.4 is 5.32 Å². The minimum absolute atomic E-state index is 0.0912. The van der Waals surface area contributed by atoms with Crippen LogP contribution >= 0.6 is 11.8 Å². The molecular formula is C23H25N5O2S. The maximum atomic E-state index is 12.8. The van der Waals surface area contributed by atoms with Crippen LogP contribution in [-0.2, 0) is 35.5 Å². The van der Waals surface area contributed by atoms with Crippen LogP contribution in [-0.4, -0.2) is 43.8 Å². The van der Waals surface area contributed by atoms with Crippen LogP contribution in [0.3, 0.4) is 0 Å². The fourth-order valence-corrected chi connectivity index (χ4v) is 4.59. The van der Waals surface area contributed by atoms with Crippen LogP contribution in [0.5, 0.6) is 0 Å². The van der Waals surface area contributed by atoms with Crippen molar-refractivity contribution >= 4 is 29.3 Å². The molecule has 0 aliphatic carbocycles. The molecule has 0 unspecified atom stereocenters. The van der Waals surface area contributed by atoms with Gasteiger partial charge in [0.15, 0.2) is 5.16 Å². The Bertz CT molecular complexity index is 1070. The monoisotopic (exact) mass is 435 g/mol. The Morgan fingerprint density at radius 1 is 1.03 bits per heavy atom. The molecule has 0 atom stereocenters. The average Bonchev–Trinajstić information content (AvgIpc) is 3.18. The van der Waals surface area contributed by atoms with E-state index in [1.54, 1.807) is 0 Å². The third-order valence-corrected chi connectivity index (χ3v) is 6.25. The normalized spacial score (nSPS) is 13.0. The van der Waals surface area contributed by atoms with Gasteiger partial charge in [0.25, 0.3) is 0 Å². The van der Waals surface area contributed by atoms with E-state index < -0.39 is 0 Å². The van der Waals surface area contributed by atoms with Crippen molar-refractivity contribution in [3.8, 4) is 0 Å². The first-order valence-electron chi connectivity index (χ1n) is 10.4. The Kier molecular flexibility index (Phi) is 6.66. The first-order valence-corrected chi connectivity index (χ1v) is 11.4. The molecule has 2 heterocycles. The van der Waals surface area contributed by atoms with Crippen molar-refractivity contribution in [3.05, 3.63) is 71.5 Å². The van der Waals surface area contributed by atoms with Crippen molar-refractivity contribution in [3.63, 3.8) is 0 Å². The van der Waals surface area contributed by atoms with E-state index in [1.165, 1.54) is 22.9 Å². The molecule has 1 aliphatic heterocycles. The summed E-state index contributed by atoms with van der Waals surface area (Å²) in [7, 11) is 0. The van der Waals surface area contributed by atoms with Gasteiger partial charge in [-0.05, 0) is 36.6 Å². The molecule has 1 aromatic heterocycles. The SMILES string of the molecule is CCn1c(CC(=O)Nc2ccccc2)nnc1SCC(=O)N1CCc2ccccc2C1. The van der Waals surface area contributed by atoms with Crippen LogP contribution in [0, 0.1) is 0 Å². The smallest absolute Gasteiger partial charge is 0.233 e. The van der Waals surface area contributed by atoms with Gasteiger partial charge in [0.05, 0.1) is 12.2 Å². The molecule has 1 N–H and O–H groups in total. The molecule has 2 amide bonds. The van der Waals surface area contributed by atoms with E-state index in [1.807, 2.05) is 58.9 Å². The number of nitrogens with zero attached hydrogens (tertiary/aromatic N) is 4. The molecule has 160 valence electrons. The van der Waals surface area contributed by atoms with Crippen molar-refractivity contribution in [2.24, 2.45) is 0 Å². The minimum atomic E-state index is -0.145. The van der Waals surface area contributed by atoms with E-state index in [9.17, 15) is 9.59 Å². The number of benzene rings is 2. The first kappa shape index (κ1) is 21.1. The van der Waals surface area contributed by atoms with Crippen molar-refractivity contribution in [1.29, 1.82) is 0 Å². The molecule has 31 heavy (non-hydrogen) atoms. The van der Waals surface area contributed by atoms with Gasteiger partial charge >= 0.3 is 0 Å². The standard InChI is InChI=1S/C23H25N5O2S/c1-2-28-20(14-21(29)24-19-10-4-3-5-11-19)25-26-23(28)31-16-22(30)27-13-12-17-8-6-7-9-18(17)15-27/h3-11H,2,12-16H2,1H3,(H,24,29). The van der Waals surface area contributed by atoms with Gasteiger partial charge in [0.1, 0.15) is 5.82 Å². The number of hydrogen-bond acceptors (Lipinski definition) is 5. The predicted molar refractivity (Wildman–Crippen MR) is 121 cm³/mol. The Balaban J connectivity index is 1.34. The summed E-state index contributed by atoms with van der Waals surface area (Å²) in [6.07, 6.45) is 1.02. The second kappa shape index (κ2) is 9.78. The van der Waals surface area contributed by atoms with Crippen LogP contribution in [0.2, 0.25) is 0 Å². The summed E-state index contributed by atoms with van der Waals surface area (Å²) in [5.74, 6) is 0.843. The summed E-state index contributed by atoms with van der Waals surface area (Å²) in [5, 5.41) is 11.9. The maximum Gasteiger partial charge on any atom is 0.233 e. The van der Waals surface area contributed by atoms with Gasteiger partial charge < -0.3 is 14.8 Å². The van der Waals surface area contributed by atoms with E-state index >= 15 is 0 Å². The van der Waals surface area contributed by atoms with Crippen LogP contribution in [0.15, 0.2) is 59.8 Å². The Labute approximate surface area is 185 Å². The average molecular weight is 436 g/mol. The number of aromatic nitrogens is 3. The van der Waals surface area contributed by atoms with Gasteiger partial charge in [-0.1, -0.05) is 54.2 Å². The molecule has 2 aromatic carbocycles. The van der Waals surface area contributed by atoms with Crippen molar-refractivity contribution in [2.75, 3.05) is 17.6 Å². The van der Waals surface area contributed by atoms with Gasteiger partial charge in [0, 0.05) is 25.3 Å². The highest BCUT2D eigenvalue weighted by molar-refractivity contribution is 7.99. The van der Waals surface area contributed by atoms with E-state index in [-0.39, 0.29) is 18.2 Å². The Morgan fingerprint density at radius 3 is 2.55 bits per heavy atom. The lowest BCUT2D eigenvalue weighted by molar-refractivity contribution is -0.129. The van der Waals surface area contributed by atoms with E-state index in [2.05, 4.69) is 27.6 Å². The molecule has 0 saturated carbocycles. The molecular weight excluding hydrogens is 410 g/mol. The van der Waals surface area contributed by atoms with Crippen molar-refractivity contribution in [1.82, 2.24) is 19.7 Å². The third-order valence-electron chi connectivity index (χ3n) is 5.29. The summed E-state index contributed by atoms with van der Waals surface area (Å²) >= 11 is 1.37. The van der Waals surface area contributed by atoms with E-state index in [0.717, 1.165) is 18.7 Å². The van der Waals surface area contributed by atoms with Crippen LogP contribution in [0.1, 0.15) is 23.9 Å². The molecule has 0 bridgehead atoms. The molecule has 0 saturated heterocycles. The number of anilines is 1. The fraction of sp³-hybridized carbons (Fsp3) is 0.304. The number of carbonyl (C=O) groups is 2. The van der Waals surface area contributed by atoms with E-state index in [0.29, 0.717) is 29.8 Å². The summed E-state index contributed by atoms with van der Waals surface area (Å²) in [5.41, 5.74) is 3.29. The summed E-state index contributed by atoms with van der Waals surface area (Å²) in [6, 6.07) is 17.6. The molecule has 3 aromatic rings. The lowest BCUT2D eigenvalue weighted by Gasteiger charge is -2.28. The van der Waals surface area contributed by atoms with Gasteiger partial charge in [-0.25, -0.2) is 0 Å². The van der Waals surface area contributed by atoms with Crippen molar-refractivity contribution < 1.29 is 9.59 Å². The Morgan fingerprint density at radius 2 is 1.77 bits per heavy atom. The fourth-order valence-electron chi connectivity index (χ4n) is 3.67. The van der Waals surface area contributed by atoms with E-state index in [4.69, 9.17) is 0 Å². The maximum absolute atomic E-state index is 12.8. The minimum Gasteiger partial charge on any atom is -0.337 e.